The van der Waals surface area contributed by atoms with Gasteiger partial charge in [0.05, 0.1) is 25.6 Å². The summed E-state index contributed by atoms with van der Waals surface area (Å²) < 4.78 is 33.2. The Morgan fingerprint density at radius 3 is 2.10 bits per heavy atom. The molecule has 0 radical (unpaired) electrons. The van der Waals surface area contributed by atoms with Crippen molar-refractivity contribution in [1.82, 2.24) is 19.5 Å². The number of unbranched alkanes of at least 4 members (excludes halogenated alkanes) is 13. The predicted molar refractivity (Wildman–Crippen MR) is 166 cm³/mol. The van der Waals surface area contributed by atoms with E-state index in [1.54, 1.807) is 18.5 Å². The minimum atomic E-state index is -3.52. The van der Waals surface area contributed by atoms with Gasteiger partial charge >= 0.3 is 7.60 Å². The van der Waals surface area contributed by atoms with Crippen molar-refractivity contribution in [3.05, 3.63) is 43.0 Å². The number of hydrogen-bond acceptors (Lipinski definition) is 8. The Balaban J connectivity index is 1.35. The maximum atomic E-state index is 13.7. The van der Waals surface area contributed by atoms with Gasteiger partial charge in [0.2, 0.25) is 0 Å². The molecule has 1 unspecified atom stereocenters. The Morgan fingerprint density at radius 2 is 1.46 bits per heavy atom. The van der Waals surface area contributed by atoms with Crippen LogP contribution in [0, 0.1) is 0 Å². The number of ether oxygens (including phenoxy) is 1. The second kappa shape index (κ2) is 18.9. The van der Waals surface area contributed by atoms with Gasteiger partial charge in [-0.15, -0.1) is 0 Å². The van der Waals surface area contributed by atoms with Gasteiger partial charge in [-0.05, 0) is 25.5 Å². The molecule has 0 amide bonds. The Labute approximate surface area is 246 Å². The molecule has 9 nitrogen and oxygen atoms in total. The standard InChI is InChI=1S/C31H50N5O4P/c1-3-4-5-6-7-8-9-10-11-12-13-14-15-19-22-39-41(37,40-28-20-17-16-18-21-28)26-38-27(2)23-36-25-35-29-30(32)33-24-34-31(29)36/h16-18,20-21,24-25,27H,3-15,19,22-23,26H2,1-2H3,(H2,32,33,34)/t27-,41?/m1/s1. The third-order valence-corrected chi connectivity index (χ3v) is 8.70. The maximum absolute atomic E-state index is 13.7. The van der Waals surface area contributed by atoms with Gasteiger partial charge in [0.25, 0.3) is 0 Å². The summed E-state index contributed by atoms with van der Waals surface area (Å²) in [6, 6.07) is 9.11. The fraction of sp³-hybridized carbons (Fsp3) is 0.645. The smallest absolute Gasteiger partial charge is 0.404 e. The second-order valence-corrected chi connectivity index (χ2v) is 12.8. The monoisotopic (exact) mass is 587 g/mol. The zero-order valence-corrected chi connectivity index (χ0v) is 26.0. The molecule has 0 saturated heterocycles. The lowest BCUT2D eigenvalue weighted by Gasteiger charge is -2.22. The number of anilines is 1. The Bertz CT molecular complexity index is 1160. The van der Waals surface area contributed by atoms with E-state index in [0.29, 0.717) is 35.9 Å². The van der Waals surface area contributed by atoms with Gasteiger partial charge in [-0.2, -0.15) is 0 Å². The lowest BCUT2D eigenvalue weighted by Crippen LogP contribution is -2.19. The van der Waals surface area contributed by atoms with Crippen LogP contribution in [0.5, 0.6) is 5.75 Å². The molecular weight excluding hydrogens is 537 g/mol. The zero-order valence-electron chi connectivity index (χ0n) is 25.1. The first kappa shape index (κ1) is 33.0. The number of nitrogens with two attached hydrogens (primary N) is 1. The molecule has 0 saturated carbocycles. The minimum absolute atomic E-state index is 0.147. The van der Waals surface area contributed by atoms with Crippen molar-refractivity contribution in [2.45, 2.75) is 116 Å². The van der Waals surface area contributed by atoms with Crippen LogP contribution in [0.15, 0.2) is 43.0 Å². The third-order valence-electron chi connectivity index (χ3n) is 7.17. The number of fused-ring (bicyclic) bond motifs is 1. The van der Waals surface area contributed by atoms with Crippen molar-refractivity contribution >= 4 is 24.6 Å². The van der Waals surface area contributed by atoms with Crippen LogP contribution in [0.25, 0.3) is 11.2 Å². The molecule has 0 aliphatic rings. The number of hydrogen-bond donors (Lipinski definition) is 1. The van der Waals surface area contributed by atoms with E-state index in [1.165, 1.54) is 83.4 Å². The molecule has 0 fully saturated rings. The van der Waals surface area contributed by atoms with Crippen LogP contribution in [-0.2, 0) is 20.4 Å². The number of rotatable bonds is 23. The lowest BCUT2D eigenvalue weighted by molar-refractivity contribution is 0.0726. The van der Waals surface area contributed by atoms with Crippen LogP contribution in [0.3, 0.4) is 0 Å². The summed E-state index contributed by atoms with van der Waals surface area (Å²) in [5, 5.41) is 0. The molecular formula is C31H50N5O4P. The average Bonchev–Trinajstić information content (AvgIpc) is 3.38. The van der Waals surface area contributed by atoms with Gasteiger partial charge in [-0.25, -0.2) is 19.5 Å². The van der Waals surface area contributed by atoms with Crippen LogP contribution < -0.4 is 10.3 Å². The van der Waals surface area contributed by atoms with Gasteiger partial charge < -0.3 is 19.6 Å². The molecule has 1 aromatic carbocycles. The number of nitrogen functional groups attached to an aromatic ring is 1. The highest BCUT2D eigenvalue weighted by atomic mass is 31.2. The van der Waals surface area contributed by atoms with Gasteiger partial charge in [0.15, 0.2) is 17.8 Å². The largest absolute Gasteiger partial charge is 0.423 e. The van der Waals surface area contributed by atoms with Gasteiger partial charge in [-0.1, -0.05) is 109 Å². The lowest BCUT2D eigenvalue weighted by atomic mass is 10.0. The summed E-state index contributed by atoms with van der Waals surface area (Å²) in [5.74, 6) is 0.834. The highest BCUT2D eigenvalue weighted by Gasteiger charge is 2.28. The summed E-state index contributed by atoms with van der Waals surface area (Å²) >= 11 is 0. The summed E-state index contributed by atoms with van der Waals surface area (Å²) in [4.78, 5) is 12.5. The van der Waals surface area contributed by atoms with E-state index in [4.69, 9.17) is 19.5 Å². The molecule has 3 aromatic rings. The van der Waals surface area contributed by atoms with E-state index < -0.39 is 7.60 Å². The fourth-order valence-corrected chi connectivity index (χ4v) is 6.28. The third kappa shape index (κ3) is 12.5. The van der Waals surface area contributed by atoms with Gasteiger partial charge in [0, 0.05) is 0 Å². The molecule has 0 aliphatic heterocycles. The van der Waals surface area contributed by atoms with Crippen molar-refractivity contribution < 1.29 is 18.3 Å². The van der Waals surface area contributed by atoms with Crippen LogP contribution in [0.4, 0.5) is 5.82 Å². The van der Waals surface area contributed by atoms with Crippen molar-refractivity contribution in [3.8, 4) is 5.75 Å². The second-order valence-electron chi connectivity index (χ2n) is 10.9. The number of para-hydroxylation sites is 1. The average molecular weight is 588 g/mol. The van der Waals surface area contributed by atoms with E-state index in [1.807, 2.05) is 29.7 Å². The molecule has 41 heavy (non-hydrogen) atoms. The molecule has 2 atom stereocenters. The molecule has 228 valence electrons. The first-order valence-electron chi connectivity index (χ1n) is 15.5. The van der Waals surface area contributed by atoms with Gasteiger partial charge in [-0.3, -0.25) is 4.52 Å². The number of aromatic nitrogens is 4. The van der Waals surface area contributed by atoms with Crippen molar-refractivity contribution in [1.29, 1.82) is 0 Å². The van der Waals surface area contributed by atoms with Crippen molar-refractivity contribution in [2.24, 2.45) is 0 Å². The summed E-state index contributed by atoms with van der Waals surface area (Å²) in [6.07, 6.45) is 20.6. The quantitative estimate of drug-likeness (QED) is 0.0867. The zero-order chi connectivity index (χ0) is 29.2. The van der Waals surface area contributed by atoms with Gasteiger partial charge in [0.1, 0.15) is 17.6 Å². The number of imidazole rings is 1. The topological polar surface area (TPSA) is 114 Å². The van der Waals surface area contributed by atoms with Crippen molar-refractivity contribution in [3.63, 3.8) is 0 Å². The molecule has 10 heteroatoms. The highest BCUT2D eigenvalue weighted by Crippen LogP contribution is 2.48. The summed E-state index contributed by atoms with van der Waals surface area (Å²) in [7, 11) is -3.52. The normalized spacial score (nSPS) is 13.8. The molecule has 0 bridgehead atoms. The molecule has 3 rings (SSSR count). The molecule has 0 aliphatic carbocycles. The van der Waals surface area contributed by atoms with Crippen LogP contribution in [0.1, 0.15) is 104 Å². The minimum Gasteiger partial charge on any atom is -0.423 e. The first-order chi connectivity index (χ1) is 20.0. The predicted octanol–water partition coefficient (Wildman–Crippen LogP) is 8.54. The van der Waals surface area contributed by atoms with E-state index in [-0.39, 0.29) is 12.5 Å². The van der Waals surface area contributed by atoms with Crippen LogP contribution in [0.2, 0.25) is 0 Å². The SMILES string of the molecule is CCCCCCCCCCCCCCCCOP(=O)(CO[C@H](C)Cn1cnc2c(N)ncnc21)Oc1ccccc1. The molecule has 0 spiro atoms. The number of benzene rings is 1. The maximum Gasteiger partial charge on any atom is 0.404 e. The Morgan fingerprint density at radius 1 is 0.854 bits per heavy atom. The molecule has 2 aromatic heterocycles. The van der Waals surface area contributed by atoms with Crippen LogP contribution in [-0.4, -0.2) is 38.6 Å². The molecule has 2 heterocycles. The first-order valence-corrected chi connectivity index (χ1v) is 17.2. The Kier molecular flexibility index (Phi) is 15.2. The van der Waals surface area contributed by atoms with E-state index in [0.717, 1.165) is 12.8 Å². The van der Waals surface area contributed by atoms with E-state index in [2.05, 4.69) is 21.9 Å². The van der Waals surface area contributed by atoms with Crippen molar-refractivity contribution in [2.75, 3.05) is 18.7 Å². The summed E-state index contributed by atoms with van der Waals surface area (Å²) in [6.45, 7) is 5.00. The summed E-state index contributed by atoms with van der Waals surface area (Å²) in [5.41, 5.74) is 7.07. The van der Waals surface area contributed by atoms with E-state index in [9.17, 15) is 4.57 Å². The van der Waals surface area contributed by atoms with E-state index >= 15 is 0 Å². The highest BCUT2D eigenvalue weighted by molar-refractivity contribution is 7.54. The number of nitrogens with zero attached hydrogens (tertiary/aromatic N) is 4. The fourth-order valence-electron chi connectivity index (χ4n) is 4.81. The van der Waals surface area contributed by atoms with Crippen LogP contribution >= 0.6 is 7.60 Å². The molecule has 2 N–H and O–H groups in total. The Hall–Kier alpha value is -2.48.